The number of rotatable bonds is 23. The Balaban J connectivity index is 0.00000157. The van der Waals surface area contributed by atoms with E-state index in [-0.39, 0.29) is 18.7 Å². The van der Waals surface area contributed by atoms with Crippen molar-refractivity contribution in [2.75, 3.05) is 6.61 Å². The van der Waals surface area contributed by atoms with Crippen molar-refractivity contribution in [3.63, 3.8) is 0 Å². The molecule has 4 nitrogen and oxygen atoms in total. The highest BCUT2D eigenvalue weighted by Crippen LogP contribution is 2.33. The summed E-state index contributed by atoms with van der Waals surface area (Å²) in [4.78, 5) is 0. The van der Waals surface area contributed by atoms with Gasteiger partial charge in [-0.15, -0.1) is 6.58 Å². The maximum atomic E-state index is 6.44. The molecule has 1 aliphatic carbocycles. The average molecular weight is 962 g/mol. The molecule has 0 saturated heterocycles. The maximum Gasteiger partial charge on any atom is 0.123 e. The summed E-state index contributed by atoms with van der Waals surface area (Å²) in [6, 6.07) is 43.5. The quantitative estimate of drug-likeness (QED) is 0.0296. The summed E-state index contributed by atoms with van der Waals surface area (Å²) in [5, 5.41) is 3.40. The molecule has 70 heavy (non-hydrogen) atoms. The topological polar surface area (TPSA) is 39.7 Å². The van der Waals surface area contributed by atoms with E-state index in [4.69, 9.17) is 26.8 Å². The van der Waals surface area contributed by atoms with Gasteiger partial charge in [-0.05, 0) is 101 Å². The van der Waals surface area contributed by atoms with Crippen molar-refractivity contribution in [2.45, 2.75) is 145 Å². The molecule has 0 heterocycles. The molecule has 0 spiro atoms. The van der Waals surface area contributed by atoms with Crippen molar-refractivity contribution in [1.82, 2.24) is 5.32 Å². The Hall–Kier alpha value is -6.09. The largest absolute Gasteiger partial charge is 0.493 e. The van der Waals surface area contributed by atoms with Crippen LogP contribution in [0.1, 0.15) is 129 Å². The van der Waals surface area contributed by atoms with Crippen LogP contribution in [0.4, 0.5) is 0 Å². The Bertz CT molecular complexity index is 2320. The van der Waals surface area contributed by atoms with E-state index in [1.54, 1.807) is 0 Å². The minimum atomic E-state index is -0.219. The summed E-state index contributed by atoms with van der Waals surface area (Å²) in [6.07, 6.45) is 17.3. The fraction of sp³-hybridized carbons (Fsp3) is 0.354. The van der Waals surface area contributed by atoms with Crippen molar-refractivity contribution in [3.05, 3.63) is 228 Å². The number of nitrogens with one attached hydrogen (secondary N) is 1. The first-order chi connectivity index (χ1) is 33.7. The van der Waals surface area contributed by atoms with Gasteiger partial charge in [-0.25, -0.2) is 0 Å². The molecule has 0 bridgehead atoms. The van der Waals surface area contributed by atoms with E-state index in [9.17, 15) is 0 Å². The Morgan fingerprint density at radius 3 is 1.80 bits per heavy atom. The number of thiol groups is 1. The summed E-state index contributed by atoms with van der Waals surface area (Å²) in [5.74, 6) is 2.20. The zero-order valence-electron chi connectivity index (χ0n) is 43.4. The second kappa shape index (κ2) is 38.7. The molecule has 0 aliphatic heterocycles. The normalized spacial score (nSPS) is 11.3. The van der Waals surface area contributed by atoms with Gasteiger partial charge in [0, 0.05) is 17.3 Å². The Labute approximate surface area is 432 Å². The monoisotopic (exact) mass is 962 g/mol. The van der Waals surface area contributed by atoms with Crippen LogP contribution in [0.5, 0.6) is 11.5 Å². The third-order valence-corrected chi connectivity index (χ3v) is 10.6. The molecular formula is C65H87NO3S. The number of aryl methyl sites for hydroxylation is 1. The highest BCUT2D eigenvalue weighted by atomic mass is 32.1. The van der Waals surface area contributed by atoms with Crippen LogP contribution in [0.15, 0.2) is 200 Å². The van der Waals surface area contributed by atoms with Crippen LogP contribution in [0.2, 0.25) is 0 Å². The second-order valence-corrected chi connectivity index (χ2v) is 17.2. The van der Waals surface area contributed by atoms with Gasteiger partial charge in [-0.1, -0.05) is 235 Å². The molecule has 5 aromatic rings. The van der Waals surface area contributed by atoms with Crippen molar-refractivity contribution >= 4 is 12.6 Å². The van der Waals surface area contributed by atoms with Crippen molar-refractivity contribution < 1.29 is 14.2 Å². The smallest absolute Gasteiger partial charge is 0.123 e. The number of hydrogen-bond donors (Lipinski definition) is 2. The van der Waals surface area contributed by atoms with Crippen LogP contribution >= 0.6 is 12.6 Å². The Morgan fingerprint density at radius 2 is 1.26 bits per heavy atom. The van der Waals surface area contributed by atoms with Crippen molar-refractivity contribution in [1.29, 1.82) is 0 Å². The molecule has 376 valence electrons. The first-order valence-corrected chi connectivity index (χ1v) is 25.8. The number of allylic oxidation sites excluding steroid dienone is 3. The van der Waals surface area contributed by atoms with Gasteiger partial charge in [0.25, 0.3) is 0 Å². The zero-order chi connectivity index (χ0) is 50.5. The highest BCUT2D eigenvalue weighted by Gasteiger charge is 2.17. The van der Waals surface area contributed by atoms with Gasteiger partial charge in [0.15, 0.2) is 0 Å². The number of ether oxygens (including phenoxy) is 3. The molecule has 0 radical (unpaired) electrons. The standard InChI is InChI=1S/C51H49NO3S.C5H12.2C3H8.C2H6.CH4/c1-4-48(52-38(2)25-26-40-17-9-5-10-18-40)33-47-32-45(27-28-50(47)55-37-43-23-15-8-16-24-43)46-29-44(30-49(34-46)54-36-42-21-13-7-14-22-42)31-51(56)39(3)53-35-41-19-11-6-12-20-41;1-3-5-4-2;2*1-3-2;1-2;/h4-15,17-23,27-30,32,34,48,51-52,56H,1-3,25-26,31,33,35-37H2;3-5H2,1-2H3;2*3H2,1-2H3;1-2H3;1H4. The van der Waals surface area contributed by atoms with Gasteiger partial charge in [0.1, 0.15) is 37.1 Å². The molecule has 0 aromatic heterocycles. The molecule has 0 fully saturated rings. The van der Waals surface area contributed by atoms with Crippen LogP contribution in [0.3, 0.4) is 0 Å². The predicted octanol–water partition coefficient (Wildman–Crippen LogP) is 18.2. The van der Waals surface area contributed by atoms with Crippen LogP contribution in [-0.2, 0) is 37.2 Å². The lowest BCUT2D eigenvalue weighted by molar-refractivity contribution is 0.193. The Kier molecular flexibility index (Phi) is 34.3. The molecule has 5 aromatic carbocycles. The third-order valence-electron chi connectivity index (χ3n) is 10.1. The van der Waals surface area contributed by atoms with E-state index < -0.39 is 0 Å². The van der Waals surface area contributed by atoms with Gasteiger partial charge in [0.2, 0.25) is 0 Å². The van der Waals surface area contributed by atoms with E-state index >= 15 is 0 Å². The lowest BCUT2D eigenvalue weighted by Crippen LogP contribution is -2.28. The van der Waals surface area contributed by atoms with Crippen molar-refractivity contribution in [2.24, 2.45) is 0 Å². The van der Waals surface area contributed by atoms with Gasteiger partial charge < -0.3 is 19.5 Å². The molecule has 1 aliphatic rings. The van der Waals surface area contributed by atoms with Crippen molar-refractivity contribution in [3.8, 4) is 22.6 Å². The lowest BCUT2D eigenvalue weighted by atomic mass is 9.95. The van der Waals surface area contributed by atoms with Gasteiger partial charge in [-0.2, -0.15) is 12.6 Å². The molecule has 0 amide bonds. The summed E-state index contributed by atoms with van der Waals surface area (Å²) < 4.78 is 18.9. The molecule has 1 N–H and O–H groups in total. The first-order valence-electron chi connectivity index (χ1n) is 25.2. The fourth-order valence-corrected chi connectivity index (χ4v) is 6.98. The summed E-state index contributed by atoms with van der Waals surface area (Å²) in [5.41, 5.74) is 15.7. The average Bonchev–Trinajstić information content (AvgIpc) is 3.38. The molecule has 5 heteroatoms. The molecule has 6 rings (SSSR count). The van der Waals surface area contributed by atoms with E-state index in [2.05, 4.69) is 151 Å². The molecule has 2 atom stereocenters. The van der Waals surface area contributed by atoms with Gasteiger partial charge in [-0.3, -0.25) is 0 Å². The molecular weight excluding hydrogens is 875 g/mol. The summed E-state index contributed by atoms with van der Waals surface area (Å²) >= 11 is 4.93. The number of unbranched alkanes of at least 4 members (excludes halogenated alkanes) is 2. The Morgan fingerprint density at radius 1 is 0.671 bits per heavy atom. The summed E-state index contributed by atoms with van der Waals surface area (Å²) in [7, 11) is 0. The third kappa shape index (κ3) is 25.5. The van der Waals surface area contributed by atoms with Gasteiger partial charge >= 0.3 is 0 Å². The zero-order valence-corrected chi connectivity index (χ0v) is 44.3. The predicted molar refractivity (Wildman–Crippen MR) is 309 cm³/mol. The molecule has 0 saturated carbocycles. The van der Waals surface area contributed by atoms with E-state index in [1.807, 2.05) is 92.7 Å². The van der Waals surface area contributed by atoms with Crippen LogP contribution in [-0.4, -0.2) is 17.9 Å². The summed E-state index contributed by atoms with van der Waals surface area (Å²) in [6.45, 7) is 31.0. The highest BCUT2D eigenvalue weighted by molar-refractivity contribution is 7.81. The second-order valence-electron chi connectivity index (χ2n) is 16.6. The minimum absolute atomic E-state index is 0. The van der Waals surface area contributed by atoms with Crippen LogP contribution in [0, 0.1) is 0 Å². The lowest BCUT2D eigenvalue weighted by Gasteiger charge is -2.21. The first kappa shape index (κ1) is 61.9. The van der Waals surface area contributed by atoms with E-state index in [0.717, 1.165) is 69.0 Å². The van der Waals surface area contributed by atoms with Crippen LogP contribution in [0.25, 0.3) is 11.1 Å². The molecule has 2 unspecified atom stereocenters. The van der Waals surface area contributed by atoms with E-state index in [1.165, 1.54) is 37.7 Å². The number of benzene rings is 5. The minimum Gasteiger partial charge on any atom is -0.493 e. The maximum absolute atomic E-state index is 6.44. The SMILES string of the molecule is C.C=CC(Cc1cc(-c2cc(CC(S)C(=C)OCc3ccccc3)cc(OCc3ccccc3)c2)ccc1OCC1=C=C=CC=C1)NC(=C)CCc1ccccc1.CC.CCC.CCC.CCCCC. The fourth-order valence-electron chi connectivity index (χ4n) is 6.70. The van der Waals surface area contributed by atoms with Gasteiger partial charge in [0.05, 0.1) is 5.25 Å². The van der Waals surface area contributed by atoms with Crippen LogP contribution < -0.4 is 14.8 Å². The number of hydrogen-bond acceptors (Lipinski definition) is 5. The van der Waals surface area contributed by atoms with E-state index in [0.29, 0.717) is 38.4 Å².